The predicted molar refractivity (Wildman–Crippen MR) is 72.8 cm³/mol. The Hall–Kier alpha value is -2.23. The van der Waals surface area contributed by atoms with E-state index in [0.29, 0.717) is 12.1 Å². The van der Waals surface area contributed by atoms with Crippen molar-refractivity contribution in [2.45, 2.75) is 6.42 Å². The predicted octanol–water partition coefficient (Wildman–Crippen LogP) is 2.03. The van der Waals surface area contributed by atoms with Crippen LogP contribution in [0.3, 0.4) is 0 Å². The van der Waals surface area contributed by atoms with E-state index in [1.807, 2.05) is 49.6 Å². The zero-order valence-corrected chi connectivity index (χ0v) is 10.4. The molecule has 3 N–H and O–H groups in total. The van der Waals surface area contributed by atoms with E-state index >= 15 is 0 Å². The molecule has 0 aliphatic carbocycles. The maximum Gasteiger partial charge on any atom is 0.251 e. The largest absolute Gasteiger partial charge is 0.388 e. The number of hydrogen-bond donors (Lipinski definition) is 3. The summed E-state index contributed by atoms with van der Waals surface area (Å²) in [6.45, 7) is 0.632. The van der Waals surface area contributed by atoms with Crippen LogP contribution in [0.25, 0.3) is 0 Å². The van der Waals surface area contributed by atoms with Crippen LogP contribution in [0, 0.1) is 0 Å². The standard InChI is InChI=1S/C14H17N3O/c1-15-12-6-4-11(5-7-12)14(18)17-10-8-13-3-2-9-16-13/h2-7,9,15-16H,8,10H2,1H3,(H,17,18). The Morgan fingerprint density at radius 3 is 2.61 bits per heavy atom. The SMILES string of the molecule is CNc1ccc(C(=O)NCCc2ccc[nH]2)cc1. The van der Waals surface area contributed by atoms with Crippen molar-refractivity contribution in [2.24, 2.45) is 0 Å². The lowest BCUT2D eigenvalue weighted by Crippen LogP contribution is -2.25. The first-order valence-electron chi connectivity index (χ1n) is 5.98. The van der Waals surface area contributed by atoms with Crippen LogP contribution in [-0.4, -0.2) is 24.5 Å². The van der Waals surface area contributed by atoms with Crippen molar-refractivity contribution in [2.75, 3.05) is 18.9 Å². The highest BCUT2D eigenvalue weighted by Crippen LogP contribution is 2.08. The monoisotopic (exact) mass is 243 g/mol. The van der Waals surface area contributed by atoms with Gasteiger partial charge in [0.25, 0.3) is 5.91 Å². The van der Waals surface area contributed by atoms with E-state index in [4.69, 9.17) is 0 Å². The van der Waals surface area contributed by atoms with Gasteiger partial charge in [0.2, 0.25) is 0 Å². The minimum absolute atomic E-state index is 0.0378. The van der Waals surface area contributed by atoms with Gasteiger partial charge in [0, 0.05) is 43.2 Å². The number of aromatic amines is 1. The third-order valence-corrected chi connectivity index (χ3v) is 2.78. The number of carbonyl (C=O) groups is 1. The Balaban J connectivity index is 1.83. The summed E-state index contributed by atoms with van der Waals surface area (Å²) in [4.78, 5) is 14.9. The molecule has 2 aromatic rings. The fourth-order valence-electron chi connectivity index (χ4n) is 1.72. The first-order valence-corrected chi connectivity index (χ1v) is 5.98. The Labute approximate surface area is 106 Å². The number of nitrogens with one attached hydrogen (secondary N) is 3. The second-order valence-corrected chi connectivity index (χ2v) is 4.03. The lowest BCUT2D eigenvalue weighted by Gasteiger charge is -2.05. The topological polar surface area (TPSA) is 56.9 Å². The molecule has 1 aromatic carbocycles. The molecule has 0 radical (unpaired) electrons. The molecule has 0 aliphatic heterocycles. The van der Waals surface area contributed by atoms with E-state index in [1.165, 1.54) is 0 Å². The Kier molecular flexibility index (Phi) is 4.02. The molecule has 0 aliphatic rings. The quantitative estimate of drug-likeness (QED) is 0.752. The number of benzene rings is 1. The molecule has 2 rings (SSSR count). The van der Waals surface area contributed by atoms with Gasteiger partial charge >= 0.3 is 0 Å². The average molecular weight is 243 g/mol. The highest BCUT2D eigenvalue weighted by atomic mass is 16.1. The number of amides is 1. The molecule has 4 nitrogen and oxygen atoms in total. The lowest BCUT2D eigenvalue weighted by molar-refractivity contribution is 0.0954. The van der Waals surface area contributed by atoms with Gasteiger partial charge in [-0.2, -0.15) is 0 Å². The Bertz CT molecular complexity index is 488. The van der Waals surface area contributed by atoms with Gasteiger partial charge < -0.3 is 15.6 Å². The summed E-state index contributed by atoms with van der Waals surface area (Å²) in [5, 5.41) is 5.91. The number of aromatic nitrogens is 1. The van der Waals surface area contributed by atoms with E-state index in [-0.39, 0.29) is 5.91 Å². The number of carbonyl (C=O) groups excluding carboxylic acids is 1. The maximum absolute atomic E-state index is 11.8. The zero-order valence-electron chi connectivity index (χ0n) is 10.4. The van der Waals surface area contributed by atoms with Gasteiger partial charge in [-0.1, -0.05) is 0 Å². The molecule has 0 fully saturated rings. The van der Waals surface area contributed by atoms with Crippen LogP contribution in [0.4, 0.5) is 5.69 Å². The van der Waals surface area contributed by atoms with Gasteiger partial charge in [0.05, 0.1) is 0 Å². The second-order valence-electron chi connectivity index (χ2n) is 4.03. The molecular formula is C14H17N3O. The van der Waals surface area contributed by atoms with Crippen LogP contribution < -0.4 is 10.6 Å². The summed E-state index contributed by atoms with van der Waals surface area (Å²) >= 11 is 0. The molecule has 1 aromatic heterocycles. The fourth-order valence-corrected chi connectivity index (χ4v) is 1.72. The van der Waals surface area contributed by atoms with Gasteiger partial charge in [-0.05, 0) is 36.4 Å². The zero-order chi connectivity index (χ0) is 12.8. The van der Waals surface area contributed by atoms with Crippen LogP contribution in [0.15, 0.2) is 42.6 Å². The number of anilines is 1. The molecule has 1 amide bonds. The minimum atomic E-state index is -0.0378. The lowest BCUT2D eigenvalue weighted by atomic mass is 10.2. The van der Waals surface area contributed by atoms with E-state index in [0.717, 1.165) is 17.8 Å². The van der Waals surface area contributed by atoms with Crippen LogP contribution in [0.5, 0.6) is 0 Å². The van der Waals surface area contributed by atoms with Gasteiger partial charge in [0.15, 0.2) is 0 Å². The third-order valence-electron chi connectivity index (χ3n) is 2.78. The van der Waals surface area contributed by atoms with E-state index < -0.39 is 0 Å². The molecule has 18 heavy (non-hydrogen) atoms. The first-order chi connectivity index (χ1) is 8.79. The van der Waals surface area contributed by atoms with E-state index in [9.17, 15) is 4.79 Å². The molecule has 0 saturated heterocycles. The van der Waals surface area contributed by atoms with Gasteiger partial charge in [0.1, 0.15) is 0 Å². The van der Waals surface area contributed by atoms with Crippen molar-refractivity contribution >= 4 is 11.6 Å². The van der Waals surface area contributed by atoms with Gasteiger partial charge in [-0.25, -0.2) is 0 Å². The van der Waals surface area contributed by atoms with E-state index in [1.54, 1.807) is 0 Å². The molecule has 4 heteroatoms. The third kappa shape index (κ3) is 3.13. The molecule has 0 atom stereocenters. The maximum atomic E-state index is 11.8. The van der Waals surface area contributed by atoms with Gasteiger partial charge in [-0.3, -0.25) is 4.79 Å². The van der Waals surface area contributed by atoms with Gasteiger partial charge in [-0.15, -0.1) is 0 Å². The minimum Gasteiger partial charge on any atom is -0.388 e. The number of hydrogen-bond acceptors (Lipinski definition) is 2. The summed E-state index contributed by atoms with van der Waals surface area (Å²) < 4.78 is 0. The highest BCUT2D eigenvalue weighted by Gasteiger charge is 2.04. The smallest absolute Gasteiger partial charge is 0.251 e. The molecule has 0 bridgehead atoms. The summed E-state index contributed by atoms with van der Waals surface area (Å²) in [7, 11) is 1.85. The average Bonchev–Trinajstić information content (AvgIpc) is 2.92. The van der Waals surface area contributed by atoms with Crippen LogP contribution >= 0.6 is 0 Å². The highest BCUT2D eigenvalue weighted by molar-refractivity contribution is 5.94. The van der Waals surface area contributed by atoms with E-state index in [2.05, 4.69) is 15.6 Å². The molecule has 0 spiro atoms. The summed E-state index contributed by atoms with van der Waals surface area (Å²) in [6.07, 6.45) is 2.70. The summed E-state index contributed by atoms with van der Waals surface area (Å²) in [5.74, 6) is -0.0378. The van der Waals surface area contributed by atoms with Crippen LogP contribution in [-0.2, 0) is 6.42 Å². The normalized spacial score (nSPS) is 10.1. The second kappa shape index (κ2) is 5.91. The van der Waals surface area contributed by atoms with Crippen molar-refractivity contribution < 1.29 is 4.79 Å². The summed E-state index contributed by atoms with van der Waals surface area (Å²) in [5.41, 5.74) is 2.80. The molecule has 94 valence electrons. The molecular weight excluding hydrogens is 226 g/mol. The van der Waals surface area contributed by atoms with Crippen molar-refractivity contribution in [1.29, 1.82) is 0 Å². The number of H-pyrrole nitrogens is 1. The van der Waals surface area contributed by atoms with Crippen molar-refractivity contribution in [3.63, 3.8) is 0 Å². The van der Waals surface area contributed by atoms with Crippen molar-refractivity contribution in [3.05, 3.63) is 53.9 Å². The molecule has 1 heterocycles. The fraction of sp³-hybridized carbons (Fsp3) is 0.214. The number of rotatable bonds is 5. The van der Waals surface area contributed by atoms with Crippen LogP contribution in [0.2, 0.25) is 0 Å². The molecule has 0 unspecified atom stereocenters. The Morgan fingerprint density at radius 2 is 2.00 bits per heavy atom. The first kappa shape index (κ1) is 12.2. The van der Waals surface area contributed by atoms with Crippen molar-refractivity contribution in [3.8, 4) is 0 Å². The van der Waals surface area contributed by atoms with Crippen LogP contribution in [0.1, 0.15) is 16.1 Å². The molecule has 0 saturated carbocycles. The summed E-state index contributed by atoms with van der Waals surface area (Å²) in [6, 6.07) is 11.4. The van der Waals surface area contributed by atoms with Crippen molar-refractivity contribution in [1.82, 2.24) is 10.3 Å². The Morgan fingerprint density at radius 1 is 1.22 bits per heavy atom.